The van der Waals surface area contributed by atoms with Gasteiger partial charge in [0.05, 0.1) is 7.11 Å². The fourth-order valence-corrected chi connectivity index (χ4v) is 3.04. The van der Waals surface area contributed by atoms with Crippen molar-refractivity contribution in [2.75, 3.05) is 13.7 Å². The zero-order valence-electron chi connectivity index (χ0n) is 10.6. The molecule has 2 rings (SSSR count). The summed E-state index contributed by atoms with van der Waals surface area (Å²) in [6, 6.07) is 0. The average Bonchev–Trinajstić information content (AvgIpc) is 2.94. The maximum atomic E-state index is 11.6. The molecule has 0 amide bonds. The Morgan fingerprint density at radius 1 is 1.50 bits per heavy atom. The highest BCUT2D eigenvalue weighted by Gasteiger charge is 2.37. The van der Waals surface area contributed by atoms with Gasteiger partial charge in [-0.15, -0.1) is 11.3 Å². The number of hydrogen-bond acceptors (Lipinski definition) is 6. The van der Waals surface area contributed by atoms with E-state index in [4.69, 9.17) is 4.74 Å². The molecule has 6 heteroatoms. The van der Waals surface area contributed by atoms with Crippen molar-refractivity contribution in [3.63, 3.8) is 0 Å². The molecule has 98 valence electrons. The summed E-state index contributed by atoms with van der Waals surface area (Å²) in [5.74, 6) is -0.759. The number of carbonyl (C=O) groups is 2. The Morgan fingerprint density at radius 3 is 2.72 bits per heavy atom. The molecule has 0 aliphatic carbocycles. The Balaban J connectivity index is 2.45. The van der Waals surface area contributed by atoms with Crippen LogP contribution in [0.3, 0.4) is 0 Å². The van der Waals surface area contributed by atoms with Crippen LogP contribution in [0.25, 0.3) is 0 Å². The van der Waals surface area contributed by atoms with Gasteiger partial charge in [0, 0.05) is 13.5 Å². The van der Waals surface area contributed by atoms with Crippen molar-refractivity contribution in [3.8, 4) is 0 Å². The zero-order valence-corrected chi connectivity index (χ0v) is 11.4. The van der Waals surface area contributed by atoms with Crippen molar-refractivity contribution in [3.05, 3.63) is 15.6 Å². The predicted octanol–water partition coefficient (Wildman–Crippen LogP) is 2.16. The van der Waals surface area contributed by atoms with E-state index in [1.165, 1.54) is 25.4 Å². The van der Waals surface area contributed by atoms with Crippen LogP contribution < -0.4 is 0 Å². The smallest absolute Gasteiger partial charge is 0.358 e. The second kappa shape index (κ2) is 4.78. The van der Waals surface area contributed by atoms with Gasteiger partial charge in [0.2, 0.25) is 0 Å². The Morgan fingerprint density at radius 2 is 2.22 bits per heavy atom. The van der Waals surface area contributed by atoms with Crippen LogP contribution in [-0.2, 0) is 15.1 Å². The van der Waals surface area contributed by atoms with Gasteiger partial charge in [0.15, 0.2) is 11.5 Å². The van der Waals surface area contributed by atoms with Crippen LogP contribution in [0.15, 0.2) is 0 Å². The third kappa shape index (κ3) is 2.18. The van der Waals surface area contributed by atoms with E-state index in [0.717, 1.165) is 12.8 Å². The summed E-state index contributed by atoms with van der Waals surface area (Å²) in [4.78, 5) is 27.7. The van der Waals surface area contributed by atoms with E-state index in [0.29, 0.717) is 16.5 Å². The van der Waals surface area contributed by atoms with Gasteiger partial charge in [-0.2, -0.15) is 0 Å². The van der Waals surface area contributed by atoms with Crippen LogP contribution >= 0.6 is 11.3 Å². The molecule has 0 bridgehead atoms. The molecule has 2 heterocycles. The molecule has 1 aromatic heterocycles. The number of carbonyl (C=O) groups excluding carboxylic acids is 2. The summed E-state index contributed by atoms with van der Waals surface area (Å²) in [6.07, 6.45) is 1.80. The lowest BCUT2D eigenvalue weighted by Crippen LogP contribution is -2.19. The van der Waals surface area contributed by atoms with Gasteiger partial charge < -0.3 is 9.47 Å². The van der Waals surface area contributed by atoms with Crippen LogP contribution in [0.1, 0.15) is 51.9 Å². The first-order valence-electron chi connectivity index (χ1n) is 5.72. The number of ketones is 1. The molecule has 1 aliphatic heterocycles. The lowest BCUT2D eigenvalue weighted by Gasteiger charge is -2.19. The van der Waals surface area contributed by atoms with Gasteiger partial charge in [-0.05, 0) is 19.8 Å². The molecule has 1 aromatic rings. The zero-order chi connectivity index (χ0) is 13.3. The summed E-state index contributed by atoms with van der Waals surface area (Å²) >= 11 is 1.22. The molecule has 0 saturated carbocycles. The Bertz CT molecular complexity index is 488. The highest BCUT2D eigenvalue weighted by atomic mass is 32.1. The highest BCUT2D eigenvalue weighted by Crippen LogP contribution is 2.38. The minimum Gasteiger partial charge on any atom is -0.464 e. The molecule has 0 spiro atoms. The molecular formula is C12H15NO4S. The molecule has 1 atom stereocenters. The van der Waals surface area contributed by atoms with E-state index in [2.05, 4.69) is 9.72 Å². The van der Waals surface area contributed by atoms with Gasteiger partial charge in [0.25, 0.3) is 0 Å². The first kappa shape index (κ1) is 13.2. The minimum atomic E-state index is -0.579. The lowest BCUT2D eigenvalue weighted by atomic mass is 10.0. The number of Topliss-reactive ketones (excluding diaryl/α,β-unsaturated/α-hetero) is 1. The normalized spacial score (nSPS) is 23.1. The summed E-state index contributed by atoms with van der Waals surface area (Å²) in [7, 11) is 1.28. The van der Waals surface area contributed by atoms with Crippen molar-refractivity contribution in [1.82, 2.24) is 4.98 Å². The third-order valence-corrected chi connectivity index (χ3v) is 4.40. The standard InChI is InChI=1S/C12H15NO4S/c1-7(14)9-8(10(15)16-3)13-11(18-9)12(2)5-4-6-17-12/h4-6H2,1-3H3. The van der Waals surface area contributed by atoms with Crippen molar-refractivity contribution in [2.24, 2.45) is 0 Å². The summed E-state index contributed by atoms with van der Waals surface area (Å²) in [5.41, 5.74) is -0.386. The molecular weight excluding hydrogens is 254 g/mol. The van der Waals surface area contributed by atoms with Gasteiger partial charge >= 0.3 is 5.97 Å². The SMILES string of the molecule is COC(=O)c1nc(C2(C)CCCO2)sc1C(C)=O. The molecule has 1 aliphatic rings. The Hall–Kier alpha value is -1.27. The van der Waals surface area contributed by atoms with Crippen molar-refractivity contribution < 1.29 is 19.1 Å². The molecule has 5 nitrogen and oxygen atoms in total. The van der Waals surface area contributed by atoms with E-state index in [1.807, 2.05) is 6.92 Å². The topological polar surface area (TPSA) is 65.5 Å². The first-order valence-corrected chi connectivity index (χ1v) is 6.54. The maximum Gasteiger partial charge on any atom is 0.358 e. The minimum absolute atomic E-state index is 0.0988. The predicted molar refractivity (Wildman–Crippen MR) is 66.0 cm³/mol. The molecule has 18 heavy (non-hydrogen) atoms. The molecule has 0 radical (unpaired) electrons. The quantitative estimate of drug-likeness (QED) is 0.621. The van der Waals surface area contributed by atoms with Gasteiger partial charge in [-0.25, -0.2) is 9.78 Å². The van der Waals surface area contributed by atoms with Crippen LogP contribution in [0.5, 0.6) is 0 Å². The van der Waals surface area contributed by atoms with Crippen molar-refractivity contribution in [2.45, 2.75) is 32.3 Å². The molecule has 1 fully saturated rings. The van der Waals surface area contributed by atoms with Crippen LogP contribution in [0.4, 0.5) is 0 Å². The van der Waals surface area contributed by atoms with E-state index >= 15 is 0 Å². The Kier molecular flexibility index (Phi) is 3.49. The molecule has 0 aromatic carbocycles. The number of thiazole rings is 1. The van der Waals surface area contributed by atoms with E-state index in [-0.39, 0.29) is 11.5 Å². The largest absolute Gasteiger partial charge is 0.464 e. The number of rotatable bonds is 3. The fraction of sp³-hybridized carbons (Fsp3) is 0.583. The second-order valence-corrected chi connectivity index (χ2v) is 5.43. The molecule has 1 unspecified atom stereocenters. The lowest BCUT2D eigenvalue weighted by molar-refractivity contribution is 0.0164. The first-order chi connectivity index (χ1) is 8.48. The van der Waals surface area contributed by atoms with E-state index in [9.17, 15) is 9.59 Å². The molecule has 1 saturated heterocycles. The summed E-state index contributed by atoms with van der Waals surface area (Å²) < 4.78 is 10.3. The van der Waals surface area contributed by atoms with Crippen LogP contribution in [0, 0.1) is 0 Å². The summed E-state index contributed by atoms with van der Waals surface area (Å²) in [6.45, 7) is 4.03. The van der Waals surface area contributed by atoms with Crippen molar-refractivity contribution >= 4 is 23.1 Å². The monoisotopic (exact) mass is 269 g/mol. The fourth-order valence-electron chi connectivity index (χ4n) is 1.97. The highest BCUT2D eigenvalue weighted by molar-refractivity contribution is 7.14. The summed E-state index contributed by atoms with van der Waals surface area (Å²) in [5, 5.41) is 0.672. The third-order valence-electron chi connectivity index (χ3n) is 3.00. The van der Waals surface area contributed by atoms with E-state index in [1.54, 1.807) is 0 Å². The van der Waals surface area contributed by atoms with Crippen LogP contribution in [0.2, 0.25) is 0 Å². The molecule has 0 N–H and O–H groups in total. The number of methoxy groups -OCH3 is 1. The second-order valence-electron chi connectivity index (χ2n) is 4.43. The van der Waals surface area contributed by atoms with E-state index < -0.39 is 11.6 Å². The number of aromatic nitrogens is 1. The van der Waals surface area contributed by atoms with Gasteiger partial charge in [-0.1, -0.05) is 0 Å². The van der Waals surface area contributed by atoms with Crippen LogP contribution in [-0.4, -0.2) is 30.5 Å². The number of esters is 1. The number of nitrogens with zero attached hydrogens (tertiary/aromatic N) is 1. The average molecular weight is 269 g/mol. The van der Waals surface area contributed by atoms with Gasteiger partial charge in [0.1, 0.15) is 15.5 Å². The van der Waals surface area contributed by atoms with Gasteiger partial charge in [-0.3, -0.25) is 4.79 Å². The Labute approximate surface area is 109 Å². The number of ether oxygens (including phenoxy) is 2. The number of hydrogen-bond donors (Lipinski definition) is 0. The van der Waals surface area contributed by atoms with Crippen molar-refractivity contribution in [1.29, 1.82) is 0 Å². The maximum absolute atomic E-state index is 11.6.